The third-order valence-electron chi connectivity index (χ3n) is 3.60. The fourth-order valence-corrected chi connectivity index (χ4v) is 3.46. The number of hydrogen-bond acceptors (Lipinski definition) is 4. The Morgan fingerprint density at radius 1 is 1.04 bits per heavy atom. The van der Waals surface area contributed by atoms with Gasteiger partial charge in [0.05, 0.1) is 25.0 Å². The van der Waals surface area contributed by atoms with Crippen LogP contribution in [-0.4, -0.2) is 42.7 Å². The standard InChI is InChI=1S/C18H23NO3S/c1-19(11-12-23(20)17-7-5-4-6-8-17)14-15-9-10-16(21-2)13-18(15)22-3/h4-10,13H,11-12,14H2,1-3H3/t23-/m1/s1. The summed E-state index contributed by atoms with van der Waals surface area (Å²) in [6.07, 6.45) is 0. The Labute approximate surface area is 140 Å². The predicted molar refractivity (Wildman–Crippen MR) is 93.6 cm³/mol. The van der Waals surface area contributed by atoms with Crippen LogP contribution in [0, 0.1) is 0 Å². The molecule has 23 heavy (non-hydrogen) atoms. The second-order valence-electron chi connectivity index (χ2n) is 5.28. The lowest BCUT2D eigenvalue weighted by Gasteiger charge is -2.18. The zero-order valence-electron chi connectivity index (χ0n) is 13.8. The van der Waals surface area contributed by atoms with E-state index in [0.29, 0.717) is 5.75 Å². The highest BCUT2D eigenvalue weighted by Gasteiger charge is 2.10. The van der Waals surface area contributed by atoms with Crippen LogP contribution < -0.4 is 9.47 Å². The van der Waals surface area contributed by atoms with Crippen molar-refractivity contribution in [3.63, 3.8) is 0 Å². The molecule has 0 heterocycles. The van der Waals surface area contributed by atoms with E-state index in [0.717, 1.165) is 35.0 Å². The lowest BCUT2D eigenvalue weighted by molar-refractivity contribution is 0.333. The summed E-state index contributed by atoms with van der Waals surface area (Å²) in [7, 11) is 4.35. The second-order valence-corrected chi connectivity index (χ2v) is 6.85. The molecule has 5 heteroatoms. The summed E-state index contributed by atoms with van der Waals surface area (Å²) < 4.78 is 22.9. The van der Waals surface area contributed by atoms with E-state index in [1.807, 2.05) is 55.6 Å². The van der Waals surface area contributed by atoms with Gasteiger partial charge in [0.15, 0.2) is 0 Å². The van der Waals surface area contributed by atoms with Gasteiger partial charge in [-0.2, -0.15) is 0 Å². The molecule has 0 amide bonds. The van der Waals surface area contributed by atoms with Crippen LogP contribution in [0.2, 0.25) is 0 Å². The molecule has 0 radical (unpaired) electrons. The van der Waals surface area contributed by atoms with Crippen LogP contribution in [0.4, 0.5) is 0 Å². The maximum atomic E-state index is 12.3. The summed E-state index contributed by atoms with van der Waals surface area (Å²) in [6.45, 7) is 1.48. The molecule has 1 atom stereocenters. The topological polar surface area (TPSA) is 38.8 Å². The monoisotopic (exact) mass is 333 g/mol. The normalized spacial score (nSPS) is 12.2. The minimum atomic E-state index is -0.967. The first kappa shape index (κ1) is 17.5. The maximum Gasteiger partial charge on any atom is 0.127 e. The number of ether oxygens (including phenoxy) is 2. The van der Waals surface area contributed by atoms with E-state index in [1.54, 1.807) is 14.2 Å². The van der Waals surface area contributed by atoms with Gasteiger partial charge in [0, 0.05) is 35.4 Å². The van der Waals surface area contributed by atoms with Crippen LogP contribution in [-0.2, 0) is 17.3 Å². The number of nitrogens with zero attached hydrogens (tertiary/aromatic N) is 1. The van der Waals surface area contributed by atoms with E-state index in [-0.39, 0.29) is 0 Å². The van der Waals surface area contributed by atoms with Gasteiger partial charge >= 0.3 is 0 Å². The quantitative estimate of drug-likeness (QED) is 0.744. The SMILES string of the molecule is COc1ccc(CN(C)CC[S@@](=O)c2ccccc2)c(OC)c1. The van der Waals surface area contributed by atoms with Gasteiger partial charge in [-0.3, -0.25) is 4.21 Å². The lowest BCUT2D eigenvalue weighted by atomic mass is 10.2. The van der Waals surface area contributed by atoms with E-state index in [4.69, 9.17) is 9.47 Å². The van der Waals surface area contributed by atoms with Crippen LogP contribution in [0.25, 0.3) is 0 Å². The van der Waals surface area contributed by atoms with Crippen LogP contribution in [0.5, 0.6) is 11.5 Å². The van der Waals surface area contributed by atoms with Gasteiger partial charge in [-0.15, -0.1) is 0 Å². The van der Waals surface area contributed by atoms with E-state index in [9.17, 15) is 4.21 Å². The summed E-state index contributed by atoms with van der Waals surface area (Å²) >= 11 is 0. The predicted octanol–water partition coefficient (Wildman–Crippen LogP) is 2.94. The first-order chi connectivity index (χ1) is 11.1. The molecule has 0 aliphatic carbocycles. The smallest absolute Gasteiger partial charge is 0.127 e. The van der Waals surface area contributed by atoms with Crippen LogP contribution in [0.15, 0.2) is 53.4 Å². The molecule has 0 aromatic heterocycles. The number of methoxy groups -OCH3 is 2. The molecule has 0 saturated heterocycles. The first-order valence-electron chi connectivity index (χ1n) is 7.47. The van der Waals surface area contributed by atoms with Crippen molar-refractivity contribution in [1.29, 1.82) is 0 Å². The Morgan fingerprint density at radius 3 is 2.43 bits per heavy atom. The van der Waals surface area contributed by atoms with Gasteiger partial charge in [0.1, 0.15) is 11.5 Å². The Bertz CT molecular complexity index is 646. The summed E-state index contributed by atoms with van der Waals surface area (Å²) in [5.41, 5.74) is 1.08. The molecule has 4 nitrogen and oxygen atoms in total. The molecule has 0 bridgehead atoms. The van der Waals surface area contributed by atoms with Crippen molar-refractivity contribution in [2.45, 2.75) is 11.4 Å². The number of benzene rings is 2. The van der Waals surface area contributed by atoms with Crippen molar-refractivity contribution in [2.75, 3.05) is 33.6 Å². The van der Waals surface area contributed by atoms with E-state index in [2.05, 4.69) is 4.90 Å². The van der Waals surface area contributed by atoms with Gasteiger partial charge in [-0.1, -0.05) is 24.3 Å². The molecule has 0 aliphatic heterocycles. The molecule has 0 unspecified atom stereocenters. The van der Waals surface area contributed by atoms with Gasteiger partial charge in [0.25, 0.3) is 0 Å². The molecule has 0 aliphatic rings. The number of rotatable bonds is 8. The molecule has 124 valence electrons. The lowest BCUT2D eigenvalue weighted by Crippen LogP contribution is -2.23. The summed E-state index contributed by atoms with van der Waals surface area (Å²) in [5, 5.41) is 0. The Balaban J connectivity index is 1.92. The average molecular weight is 333 g/mol. The summed E-state index contributed by atoms with van der Waals surface area (Å²) in [6, 6.07) is 15.4. The van der Waals surface area contributed by atoms with Crippen molar-refractivity contribution in [3.05, 3.63) is 54.1 Å². The highest BCUT2D eigenvalue weighted by Crippen LogP contribution is 2.25. The van der Waals surface area contributed by atoms with Crippen LogP contribution in [0.1, 0.15) is 5.56 Å². The molecule has 2 aromatic rings. The molecule has 0 saturated carbocycles. The first-order valence-corrected chi connectivity index (χ1v) is 8.79. The third kappa shape index (κ3) is 5.08. The molecule has 0 N–H and O–H groups in total. The molecule has 2 aromatic carbocycles. The Morgan fingerprint density at radius 2 is 1.78 bits per heavy atom. The molecule has 0 fully saturated rings. The Kier molecular flexibility index (Phi) is 6.62. The summed E-state index contributed by atoms with van der Waals surface area (Å²) in [5.74, 6) is 2.19. The van der Waals surface area contributed by atoms with Gasteiger partial charge in [-0.25, -0.2) is 0 Å². The second kappa shape index (κ2) is 8.70. The highest BCUT2D eigenvalue weighted by atomic mass is 32.2. The number of hydrogen-bond donors (Lipinski definition) is 0. The van der Waals surface area contributed by atoms with E-state index >= 15 is 0 Å². The van der Waals surface area contributed by atoms with Crippen molar-refractivity contribution in [1.82, 2.24) is 4.90 Å². The highest BCUT2D eigenvalue weighted by molar-refractivity contribution is 7.85. The van der Waals surface area contributed by atoms with Gasteiger partial charge in [-0.05, 0) is 25.2 Å². The zero-order chi connectivity index (χ0) is 16.7. The van der Waals surface area contributed by atoms with Crippen molar-refractivity contribution in [3.8, 4) is 11.5 Å². The molecular formula is C18H23NO3S. The van der Waals surface area contributed by atoms with Crippen LogP contribution >= 0.6 is 0 Å². The fraction of sp³-hybridized carbons (Fsp3) is 0.333. The van der Waals surface area contributed by atoms with E-state index in [1.165, 1.54) is 0 Å². The summed E-state index contributed by atoms with van der Waals surface area (Å²) in [4.78, 5) is 3.02. The largest absolute Gasteiger partial charge is 0.497 e. The fourth-order valence-electron chi connectivity index (χ4n) is 2.28. The third-order valence-corrected chi connectivity index (χ3v) is 4.95. The molecule has 0 spiro atoms. The van der Waals surface area contributed by atoms with Crippen molar-refractivity contribution in [2.24, 2.45) is 0 Å². The minimum Gasteiger partial charge on any atom is -0.497 e. The van der Waals surface area contributed by atoms with Crippen molar-refractivity contribution < 1.29 is 13.7 Å². The molecule has 2 rings (SSSR count). The van der Waals surface area contributed by atoms with Crippen molar-refractivity contribution >= 4 is 10.8 Å². The zero-order valence-corrected chi connectivity index (χ0v) is 14.6. The van der Waals surface area contributed by atoms with E-state index < -0.39 is 10.8 Å². The molecular weight excluding hydrogens is 310 g/mol. The van der Waals surface area contributed by atoms with Gasteiger partial charge in [0.2, 0.25) is 0 Å². The van der Waals surface area contributed by atoms with Crippen LogP contribution in [0.3, 0.4) is 0 Å². The maximum absolute atomic E-state index is 12.3. The average Bonchev–Trinajstić information content (AvgIpc) is 2.60. The van der Waals surface area contributed by atoms with Gasteiger partial charge < -0.3 is 14.4 Å². The Hall–Kier alpha value is -1.85. The minimum absolute atomic E-state index is 0.610.